The summed E-state index contributed by atoms with van der Waals surface area (Å²) in [6, 6.07) is 0. The van der Waals surface area contributed by atoms with Crippen LogP contribution in [0.2, 0.25) is 0 Å². The van der Waals surface area contributed by atoms with E-state index >= 15 is 0 Å². The minimum atomic E-state index is -0.123. The van der Waals surface area contributed by atoms with E-state index in [9.17, 15) is 4.79 Å². The van der Waals surface area contributed by atoms with Crippen LogP contribution < -0.4 is 5.43 Å². The molecule has 1 heterocycles. The van der Waals surface area contributed by atoms with Gasteiger partial charge in [-0.1, -0.05) is 41.5 Å². The lowest BCUT2D eigenvalue weighted by molar-refractivity contribution is 0.509. The maximum absolute atomic E-state index is 12.3. The number of hydrogen-bond donors (Lipinski definition) is 1. The first-order chi connectivity index (χ1) is 7.05. The first-order valence-corrected chi connectivity index (χ1v) is 5.78. The van der Waals surface area contributed by atoms with Gasteiger partial charge in [-0.3, -0.25) is 4.79 Å². The van der Waals surface area contributed by atoms with Crippen LogP contribution in [0.15, 0.2) is 11.0 Å². The lowest BCUT2D eigenvalue weighted by Crippen LogP contribution is -2.31. The first-order valence-electron chi connectivity index (χ1n) is 5.78. The highest BCUT2D eigenvalue weighted by Crippen LogP contribution is 2.29. The van der Waals surface area contributed by atoms with E-state index in [2.05, 4.69) is 46.5 Å². The molecule has 0 amide bonds. The standard InChI is InChI=1S/C14H23NO/c1-9-8-15-12(14(5,6)7)10(11(9)16)13(2,3)4/h8H,1-7H3,(H,15,16). The SMILES string of the molecule is Cc1c[nH]c(C(C)(C)C)c(C(C)(C)C)c1=O. The van der Waals surface area contributed by atoms with Gasteiger partial charge in [-0.25, -0.2) is 0 Å². The van der Waals surface area contributed by atoms with Gasteiger partial charge in [-0.05, 0) is 12.3 Å². The van der Waals surface area contributed by atoms with Crippen LogP contribution in [0.1, 0.15) is 58.4 Å². The van der Waals surface area contributed by atoms with Crippen molar-refractivity contribution in [3.05, 3.63) is 33.2 Å². The van der Waals surface area contributed by atoms with Gasteiger partial charge in [0.25, 0.3) is 0 Å². The molecule has 0 bridgehead atoms. The van der Waals surface area contributed by atoms with Gasteiger partial charge < -0.3 is 4.98 Å². The number of nitrogens with one attached hydrogen (secondary N) is 1. The summed E-state index contributed by atoms with van der Waals surface area (Å²) < 4.78 is 0. The molecular formula is C14H23NO. The third-order valence-electron chi connectivity index (χ3n) is 2.77. The zero-order valence-corrected chi connectivity index (χ0v) is 11.5. The highest BCUT2D eigenvalue weighted by atomic mass is 16.1. The Morgan fingerprint density at radius 1 is 1.00 bits per heavy atom. The fourth-order valence-corrected chi connectivity index (χ4v) is 1.94. The first kappa shape index (κ1) is 13.0. The van der Waals surface area contributed by atoms with Crippen molar-refractivity contribution in [1.29, 1.82) is 0 Å². The summed E-state index contributed by atoms with van der Waals surface area (Å²) >= 11 is 0. The molecule has 0 spiro atoms. The van der Waals surface area contributed by atoms with Gasteiger partial charge in [-0.2, -0.15) is 0 Å². The van der Waals surface area contributed by atoms with Gasteiger partial charge in [0.2, 0.25) is 0 Å². The molecule has 0 aliphatic carbocycles. The second kappa shape index (κ2) is 3.76. The van der Waals surface area contributed by atoms with Crippen molar-refractivity contribution in [2.75, 3.05) is 0 Å². The Hall–Kier alpha value is -1.05. The van der Waals surface area contributed by atoms with E-state index in [4.69, 9.17) is 0 Å². The van der Waals surface area contributed by atoms with Crippen molar-refractivity contribution in [1.82, 2.24) is 4.98 Å². The molecule has 0 unspecified atom stereocenters. The number of aryl methyl sites for hydroxylation is 1. The number of H-pyrrole nitrogens is 1. The van der Waals surface area contributed by atoms with Crippen LogP contribution in [0.4, 0.5) is 0 Å². The average Bonchev–Trinajstić information content (AvgIpc) is 2.05. The molecule has 1 aromatic heterocycles. The molecule has 2 heteroatoms. The maximum atomic E-state index is 12.3. The summed E-state index contributed by atoms with van der Waals surface area (Å²) in [5.74, 6) is 0. The Kier molecular flexibility index (Phi) is 3.06. The second-order valence-corrected chi connectivity index (χ2v) is 6.55. The summed E-state index contributed by atoms with van der Waals surface area (Å²) in [6.45, 7) is 14.5. The van der Waals surface area contributed by atoms with Gasteiger partial charge >= 0.3 is 0 Å². The number of pyridine rings is 1. The molecule has 0 saturated heterocycles. The van der Waals surface area contributed by atoms with Crippen LogP contribution in [-0.4, -0.2) is 4.98 Å². The Bertz CT molecular complexity index is 441. The van der Waals surface area contributed by atoms with Crippen molar-refractivity contribution in [3.63, 3.8) is 0 Å². The van der Waals surface area contributed by atoms with E-state index in [1.807, 2.05) is 13.1 Å². The minimum Gasteiger partial charge on any atom is -0.364 e. The molecule has 1 N–H and O–H groups in total. The van der Waals surface area contributed by atoms with E-state index in [0.29, 0.717) is 0 Å². The summed E-state index contributed by atoms with van der Waals surface area (Å²) in [7, 11) is 0. The van der Waals surface area contributed by atoms with Gasteiger partial charge in [0, 0.05) is 28.4 Å². The zero-order chi connectivity index (χ0) is 12.7. The third-order valence-corrected chi connectivity index (χ3v) is 2.77. The summed E-state index contributed by atoms with van der Waals surface area (Å²) in [5.41, 5.74) is 2.78. The number of rotatable bonds is 0. The second-order valence-electron chi connectivity index (χ2n) is 6.55. The molecule has 0 aliphatic rings. The van der Waals surface area contributed by atoms with Gasteiger partial charge in [-0.15, -0.1) is 0 Å². The quantitative estimate of drug-likeness (QED) is 0.716. The Balaban J connectivity index is 3.66. The van der Waals surface area contributed by atoms with Crippen molar-refractivity contribution in [3.8, 4) is 0 Å². The van der Waals surface area contributed by atoms with Gasteiger partial charge in [0.05, 0.1) is 0 Å². The highest BCUT2D eigenvalue weighted by molar-refractivity contribution is 5.34. The topological polar surface area (TPSA) is 32.9 Å². The molecule has 0 saturated carbocycles. The van der Waals surface area contributed by atoms with E-state index < -0.39 is 0 Å². The molecule has 1 rings (SSSR count). The molecule has 90 valence electrons. The lowest BCUT2D eigenvalue weighted by atomic mass is 9.77. The van der Waals surface area contributed by atoms with Crippen LogP contribution in [0.5, 0.6) is 0 Å². The largest absolute Gasteiger partial charge is 0.364 e. The van der Waals surface area contributed by atoms with Crippen LogP contribution >= 0.6 is 0 Å². The average molecular weight is 221 g/mol. The minimum absolute atomic E-state index is 0.0323. The van der Waals surface area contributed by atoms with E-state index in [1.54, 1.807) is 0 Å². The molecule has 0 fully saturated rings. The zero-order valence-electron chi connectivity index (χ0n) is 11.5. The van der Waals surface area contributed by atoms with E-state index in [-0.39, 0.29) is 16.3 Å². The Morgan fingerprint density at radius 2 is 1.50 bits per heavy atom. The monoisotopic (exact) mass is 221 g/mol. The smallest absolute Gasteiger partial charge is 0.188 e. The van der Waals surface area contributed by atoms with Gasteiger partial charge in [0.1, 0.15) is 0 Å². The number of aromatic amines is 1. The van der Waals surface area contributed by atoms with E-state index in [1.165, 1.54) is 0 Å². The summed E-state index contributed by atoms with van der Waals surface area (Å²) in [4.78, 5) is 15.6. The molecule has 0 radical (unpaired) electrons. The molecule has 0 atom stereocenters. The highest BCUT2D eigenvalue weighted by Gasteiger charge is 2.28. The van der Waals surface area contributed by atoms with Crippen LogP contribution in [0.3, 0.4) is 0 Å². The predicted molar refractivity (Wildman–Crippen MR) is 69.2 cm³/mol. The Morgan fingerprint density at radius 3 is 1.88 bits per heavy atom. The van der Waals surface area contributed by atoms with Crippen LogP contribution in [0, 0.1) is 6.92 Å². The third kappa shape index (κ3) is 2.37. The molecule has 0 aromatic carbocycles. The molecule has 16 heavy (non-hydrogen) atoms. The number of hydrogen-bond acceptors (Lipinski definition) is 1. The fraction of sp³-hybridized carbons (Fsp3) is 0.643. The summed E-state index contributed by atoms with van der Waals surface area (Å²) in [6.07, 6.45) is 1.82. The van der Waals surface area contributed by atoms with Crippen molar-refractivity contribution in [2.24, 2.45) is 0 Å². The van der Waals surface area contributed by atoms with Gasteiger partial charge in [0.15, 0.2) is 5.43 Å². The van der Waals surface area contributed by atoms with Crippen molar-refractivity contribution < 1.29 is 0 Å². The molecule has 0 aliphatic heterocycles. The molecule has 1 aromatic rings. The van der Waals surface area contributed by atoms with Crippen molar-refractivity contribution >= 4 is 0 Å². The van der Waals surface area contributed by atoms with Crippen LogP contribution in [0.25, 0.3) is 0 Å². The molecular weight excluding hydrogens is 198 g/mol. The van der Waals surface area contributed by atoms with E-state index in [0.717, 1.165) is 16.8 Å². The number of aromatic nitrogens is 1. The Labute approximate surface area is 98.1 Å². The maximum Gasteiger partial charge on any atom is 0.188 e. The normalized spacial score (nSPS) is 12.9. The van der Waals surface area contributed by atoms with Crippen LogP contribution in [-0.2, 0) is 10.8 Å². The fourth-order valence-electron chi connectivity index (χ4n) is 1.94. The predicted octanol–water partition coefficient (Wildman–Crippen LogP) is 3.28. The van der Waals surface area contributed by atoms with Crippen molar-refractivity contribution in [2.45, 2.75) is 59.3 Å². The summed E-state index contributed by atoms with van der Waals surface area (Å²) in [5, 5.41) is 0. The molecule has 2 nitrogen and oxygen atoms in total. The lowest BCUT2D eigenvalue weighted by Gasteiger charge is -2.29.